The molecular weight excluding hydrogens is 341 g/mol. The van der Waals surface area contributed by atoms with Crippen LogP contribution < -0.4 is 0 Å². The van der Waals surface area contributed by atoms with E-state index in [9.17, 15) is 5.11 Å². The first-order chi connectivity index (χ1) is 10.6. The molecule has 0 radical (unpaired) electrons. The van der Waals surface area contributed by atoms with Gasteiger partial charge in [0, 0.05) is 43.4 Å². The van der Waals surface area contributed by atoms with Gasteiger partial charge >= 0.3 is 0 Å². The van der Waals surface area contributed by atoms with Gasteiger partial charge in [-0.3, -0.25) is 4.68 Å². The quantitative estimate of drug-likeness (QED) is 0.848. The van der Waals surface area contributed by atoms with Crippen molar-refractivity contribution in [1.82, 2.24) is 14.7 Å². The van der Waals surface area contributed by atoms with E-state index >= 15 is 0 Å². The summed E-state index contributed by atoms with van der Waals surface area (Å²) in [6, 6.07) is 5.08. The topological polar surface area (TPSA) is 41.3 Å². The summed E-state index contributed by atoms with van der Waals surface area (Å²) in [4.78, 5) is 3.02. The molecule has 116 valence electrons. The number of phenolic OH excluding ortho intramolecular Hbond substituents is 1. The lowest BCUT2D eigenvalue weighted by molar-refractivity contribution is 0.396. The SMILES string of the molecule is Oc1ccc(Cl)c(Cl)c1C1CC(=S)N(CCn2cccn2)C1. The summed E-state index contributed by atoms with van der Waals surface area (Å²) in [5.41, 5.74) is 0.693. The highest BCUT2D eigenvalue weighted by Gasteiger charge is 2.31. The average molecular weight is 356 g/mol. The van der Waals surface area contributed by atoms with Gasteiger partial charge in [-0.25, -0.2) is 0 Å². The number of nitrogens with zero attached hydrogens (tertiary/aromatic N) is 3. The molecule has 1 saturated heterocycles. The molecule has 4 nitrogen and oxygen atoms in total. The largest absolute Gasteiger partial charge is 0.508 e. The van der Waals surface area contributed by atoms with Crippen LogP contribution in [0.5, 0.6) is 5.75 Å². The molecule has 0 spiro atoms. The van der Waals surface area contributed by atoms with E-state index in [4.69, 9.17) is 35.4 Å². The highest BCUT2D eigenvalue weighted by atomic mass is 35.5. The molecule has 0 amide bonds. The Morgan fingerprint density at radius 2 is 2.14 bits per heavy atom. The molecule has 22 heavy (non-hydrogen) atoms. The molecule has 2 aromatic rings. The zero-order valence-corrected chi connectivity index (χ0v) is 14.1. The molecule has 2 heterocycles. The van der Waals surface area contributed by atoms with Crippen molar-refractivity contribution < 1.29 is 5.11 Å². The highest BCUT2D eigenvalue weighted by Crippen LogP contribution is 2.41. The third-order valence-electron chi connectivity index (χ3n) is 3.89. The van der Waals surface area contributed by atoms with Crippen LogP contribution in [0.25, 0.3) is 0 Å². The molecule has 7 heteroatoms. The summed E-state index contributed by atoms with van der Waals surface area (Å²) in [6.45, 7) is 2.29. The fourth-order valence-electron chi connectivity index (χ4n) is 2.78. The van der Waals surface area contributed by atoms with Crippen molar-refractivity contribution >= 4 is 40.4 Å². The Labute approximate surface area is 144 Å². The molecule has 1 aliphatic heterocycles. The lowest BCUT2D eigenvalue weighted by Crippen LogP contribution is -2.28. The van der Waals surface area contributed by atoms with Crippen molar-refractivity contribution in [2.75, 3.05) is 13.1 Å². The maximum Gasteiger partial charge on any atom is 0.120 e. The second kappa shape index (κ2) is 6.44. The van der Waals surface area contributed by atoms with Crippen LogP contribution in [0.15, 0.2) is 30.6 Å². The number of hydrogen-bond donors (Lipinski definition) is 1. The Morgan fingerprint density at radius 3 is 2.86 bits per heavy atom. The zero-order chi connectivity index (χ0) is 15.7. The Bertz CT molecular complexity index is 690. The Morgan fingerprint density at radius 1 is 1.32 bits per heavy atom. The van der Waals surface area contributed by atoms with Crippen LogP contribution in [0.1, 0.15) is 17.9 Å². The molecule has 3 rings (SSSR count). The highest BCUT2D eigenvalue weighted by molar-refractivity contribution is 7.80. The molecule has 0 aliphatic carbocycles. The first kappa shape index (κ1) is 15.6. The summed E-state index contributed by atoms with van der Waals surface area (Å²) in [5, 5.41) is 15.2. The van der Waals surface area contributed by atoms with Gasteiger partial charge in [-0.05, 0) is 18.2 Å². The van der Waals surface area contributed by atoms with E-state index in [0.29, 0.717) is 22.0 Å². The third kappa shape index (κ3) is 3.07. The van der Waals surface area contributed by atoms with Gasteiger partial charge < -0.3 is 10.0 Å². The van der Waals surface area contributed by atoms with Crippen molar-refractivity contribution in [1.29, 1.82) is 0 Å². The van der Waals surface area contributed by atoms with Crippen LogP contribution in [-0.4, -0.2) is 37.9 Å². The van der Waals surface area contributed by atoms with E-state index in [1.165, 1.54) is 0 Å². The monoisotopic (exact) mass is 355 g/mol. The first-order valence-corrected chi connectivity index (χ1v) is 8.14. The molecule has 1 aromatic heterocycles. The van der Waals surface area contributed by atoms with E-state index in [1.807, 2.05) is 16.9 Å². The fraction of sp³-hybridized carbons (Fsp3) is 0.333. The summed E-state index contributed by atoms with van der Waals surface area (Å²) in [7, 11) is 0. The number of halogens is 2. The van der Waals surface area contributed by atoms with Gasteiger partial charge in [-0.1, -0.05) is 35.4 Å². The predicted molar refractivity (Wildman–Crippen MR) is 91.9 cm³/mol. The summed E-state index contributed by atoms with van der Waals surface area (Å²) >= 11 is 17.8. The van der Waals surface area contributed by atoms with Crippen LogP contribution in [0, 0.1) is 0 Å². The lowest BCUT2D eigenvalue weighted by atomic mass is 9.97. The Kier molecular flexibility index (Phi) is 4.57. The number of aromatic hydroxyl groups is 1. The fourth-order valence-corrected chi connectivity index (χ4v) is 3.63. The number of rotatable bonds is 4. The predicted octanol–water partition coefficient (Wildman–Crippen LogP) is 3.71. The molecule has 1 fully saturated rings. The number of benzene rings is 1. The molecule has 1 atom stereocenters. The Balaban J connectivity index is 1.73. The van der Waals surface area contributed by atoms with Crippen LogP contribution in [0.4, 0.5) is 0 Å². The number of thiocarbonyl (C=S) groups is 1. The molecule has 0 saturated carbocycles. The van der Waals surface area contributed by atoms with Crippen molar-refractivity contribution in [3.05, 3.63) is 46.2 Å². The minimum Gasteiger partial charge on any atom is -0.508 e. The summed E-state index contributed by atoms with van der Waals surface area (Å²) < 4.78 is 1.87. The van der Waals surface area contributed by atoms with E-state index in [1.54, 1.807) is 18.3 Å². The number of aromatic nitrogens is 2. The molecular formula is C15H15Cl2N3OS. The van der Waals surface area contributed by atoms with Crippen molar-refractivity contribution in [2.45, 2.75) is 18.9 Å². The molecule has 1 unspecified atom stereocenters. The first-order valence-electron chi connectivity index (χ1n) is 6.98. The maximum atomic E-state index is 10.1. The summed E-state index contributed by atoms with van der Waals surface area (Å²) in [5.74, 6) is 0.243. The van der Waals surface area contributed by atoms with Crippen LogP contribution in [0.2, 0.25) is 10.0 Å². The minimum atomic E-state index is 0.0660. The van der Waals surface area contributed by atoms with Gasteiger partial charge in [0.25, 0.3) is 0 Å². The van der Waals surface area contributed by atoms with Gasteiger partial charge in [0.15, 0.2) is 0 Å². The van der Waals surface area contributed by atoms with Crippen LogP contribution >= 0.6 is 35.4 Å². The third-order valence-corrected chi connectivity index (χ3v) is 5.13. The van der Waals surface area contributed by atoms with Gasteiger partial charge in [0.1, 0.15) is 5.75 Å². The molecule has 1 N–H and O–H groups in total. The minimum absolute atomic E-state index is 0.0660. The van der Waals surface area contributed by atoms with E-state index in [0.717, 1.165) is 24.6 Å². The standard InChI is InChI=1S/C15H15Cl2N3OS/c16-11-2-3-12(21)14(15(11)17)10-8-13(22)19(9-10)6-7-20-5-1-4-18-20/h1-5,10,21H,6-9H2. The number of phenols is 1. The van der Waals surface area contributed by atoms with Gasteiger partial charge in [0.05, 0.1) is 21.6 Å². The van der Waals surface area contributed by atoms with E-state index in [2.05, 4.69) is 10.00 Å². The number of likely N-dealkylation sites (tertiary alicyclic amines) is 1. The molecule has 1 aliphatic rings. The average Bonchev–Trinajstić information content (AvgIpc) is 3.11. The van der Waals surface area contributed by atoms with Gasteiger partial charge in [-0.15, -0.1) is 0 Å². The molecule has 0 bridgehead atoms. The lowest BCUT2D eigenvalue weighted by Gasteiger charge is -2.19. The van der Waals surface area contributed by atoms with E-state index < -0.39 is 0 Å². The van der Waals surface area contributed by atoms with Gasteiger partial charge in [0.2, 0.25) is 0 Å². The molecule has 1 aromatic carbocycles. The van der Waals surface area contributed by atoms with Crippen LogP contribution in [0.3, 0.4) is 0 Å². The van der Waals surface area contributed by atoms with Crippen molar-refractivity contribution in [2.24, 2.45) is 0 Å². The van der Waals surface area contributed by atoms with Crippen molar-refractivity contribution in [3.63, 3.8) is 0 Å². The second-order valence-electron chi connectivity index (χ2n) is 5.30. The summed E-state index contributed by atoms with van der Waals surface area (Å²) in [6.07, 6.45) is 4.38. The van der Waals surface area contributed by atoms with Crippen LogP contribution in [-0.2, 0) is 6.54 Å². The Hall–Kier alpha value is -1.30. The maximum absolute atomic E-state index is 10.1. The van der Waals surface area contributed by atoms with Crippen molar-refractivity contribution in [3.8, 4) is 5.75 Å². The smallest absolute Gasteiger partial charge is 0.120 e. The second-order valence-corrected chi connectivity index (χ2v) is 6.56. The number of hydrogen-bond acceptors (Lipinski definition) is 3. The zero-order valence-electron chi connectivity index (χ0n) is 11.7. The van der Waals surface area contributed by atoms with Gasteiger partial charge in [-0.2, -0.15) is 5.10 Å². The normalized spacial score (nSPS) is 18.2. The van der Waals surface area contributed by atoms with E-state index in [-0.39, 0.29) is 11.7 Å².